The Labute approximate surface area is 90.5 Å². The van der Waals surface area contributed by atoms with Crippen molar-refractivity contribution in [2.45, 2.75) is 51.5 Å². The highest BCUT2D eigenvalue weighted by molar-refractivity contribution is 4.87. The Balaban J connectivity index is 1.67. The molecule has 0 atom stereocenters. The van der Waals surface area contributed by atoms with E-state index < -0.39 is 0 Å². The lowest BCUT2D eigenvalue weighted by molar-refractivity contribution is 0.426. The quantitative estimate of drug-likeness (QED) is 0.727. The predicted molar refractivity (Wildman–Crippen MR) is 57.7 cm³/mol. The van der Waals surface area contributed by atoms with Gasteiger partial charge in [-0.05, 0) is 25.8 Å². The molecule has 0 spiro atoms. The molecule has 1 N–H and O–H groups in total. The molecule has 0 radical (unpaired) electrons. The molecule has 4 nitrogen and oxygen atoms in total. The molecule has 0 aromatic carbocycles. The number of nitrogens with one attached hydrogen (secondary N) is 1. The van der Waals surface area contributed by atoms with Gasteiger partial charge in [-0.1, -0.05) is 13.8 Å². The van der Waals surface area contributed by atoms with E-state index in [1.165, 1.54) is 12.8 Å². The highest BCUT2D eigenvalue weighted by atomic mass is 16.4. The van der Waals surface area contributed by atoms with Crippen LogP contribution in [-0.4, -0.2) is 22.8 Å². The van der Waals surface area contributed by atoms with E-state index in [0.717, 1.165) is 37.2 Å². The lowest BCUT2D eigenvalue weighted by Gasteiger charge is -1.99. The highest BCUT2D eigenvalue weighted by Gasteiger charge is 2.19. The Kier molecular flexibility index (Phi) is 3.36. The fraction of sp³-hybridized carbons (Fsp3) is 0.818. The second-order valence-electron chi connectivity index (χ2n) is 4.52. The van der Waals surface area contributed by atoms with E-state index >= 15 is 0 Å². The van der Waals surface area contributed by atoms with Crippen LogP contribution in [-0.2, 0) is 6.42 Å². The van der Waals surface area contributed by atoms with Crippen LogP contribution in [0, 0.1) is 0 Å². The Hall–Kier alpha value is -0.900. The average Bonchev–Trinajstić information content (AvgIpc) is 2.90. The van der Waals surface area contributed by atoms with Gasteiger partial charge in [0.15, 0.2) is 0 Å². The summed E-state index contributed by atoms with van der Waals surface area (Å²) in [6.07, 6.45) is 4.66. The molecule has 1 heterocycles. The first kappa shape index (κ1) is 10.6. The molecule has 15 heavy (non-hydrogen) atoms. The molecule has 4 heteroatoms. The molecule has 1 aliphatic carbocycles. The number of nitrogens with zero attached hydrogens (tertiary/aromatic N) is 2. The van der Waals surface area contributed by atoms with E-state index in [-0.39, 0.29) is 0 Å². The van der Waals surface area contributed by atoms with Crippen LogP contribution < -0.4 is 5.32 Å². The van der Waals surface area contributed by atoms with Gasteiger partial charge in [0, 0.05) is 18.4 Å². The van der Waals surface area contributed by atoms with Crippen molar-refractivity contribution < 1.29 is 4.42 Å². The molecular formula is C11H19N3O. The van der Waals surface area contributed by atoms with Gasteiger partial charge in [-0.15, -0.1) is 10.2 Å². The summed E-state index contributed by atoms with van der Waals surface area (Å²) in [5, 5.41) is 11.5. The smallest absolute Gasteiger partial charge is 0.219 e. The minimum Gasteiger partial charge on any atom is -0.425 e. The standard InChI is InChI=1S/C11H19N3O/c1-8(2)11-14-13-10(15-11)4-3-7-12-9-5-6-9/h8-9,12H,3-7H2,1-2H3. The summed E-state index contributed by atoms with van der Waals surface area (Å²) in [5.74, 6) is 1.85. The van der Waals surface area contributed by atoms with Crippen molar-refractivity contribution in [3.8, 4) is 0 Å². The molecule has 1 aliphatic rings. The molecule has 0 bridgehead atoms. The summed E-state index contributed by atoms with van der Waals surface area (Å²) in [5.41, 5.74) is 0. The molecular weight excluding hydrogens is 190 g/mol. The summed E-state index contributed by atoms with van der Waals surface area (Å²) < 4.78 is 5.52. The fourth-order valence-corrected chi connectivity index (χ4v) is 1.43. The summed E-state index contributed by atoms with van der Waals surface area (Å²) in [6.45, 7) is 5.18. The van der Waals surface area contributed by atoms with E-state index in [2.05, 4.69) is 29.4 Å². The van der Waals surface area contributed by atoms with Gasteiger partial charge in [0.25, 0.3) is 0 Å². The fourth-order valence-electron chi connectivity index (χ4n) is 1.43. The first-order valence-electron chi connectivity index (χ1n) is 5.81. The van der Waals surface area contributed by atoms with Gasteiger partial charge in [0.2, 0.25) is 11.8 Å². The number of hydrogen-bond acceptors (Lipinski definition) is 4. The van der Waals surface area contributed by atoms with Crippen LogP contribution >= 0.6 is 0 Å². The van der Waals surface area contributed by atoms with Crippen molar-refractivity contribution in [3.05, 3.63) is 11.8 Å². The van der Waals surface area contributed by atoms with Crippen LogP contribution in [0.5, 0.6) is 0 Å². The van der Waals surface area contributed by atoms with Gasteiger partial charge < -0.3 is 9.73 Å². The van der Waals surface area contributed by atoms with Gasteiger partial charge in [0.1, 0.15) is 0 Å². The minimum atomic E-state index is 0.329. The lowest BCUT2D eigenvalue weighted by atomic mass is 10.2. The molecule has 1 fully saturated rings. The van der Waals surface area contributed by atoms with Crippen molar-refractivity contribution in [2.75, 3.05) is 6.54 Å². The topological polar surface area (TPSA) is 51.0 Å². The van der Waals surface area contributed by atoms with Crippen molar-refractivity contribution in [2.24, 2.45) is 0 Å². The van der Waals surface area contributed by atoms with Gasteiger partial charge >= 0.3 is 0 Å². The monoisotopic (exact) mass is 209 g/mol. The number of aromatic nitrogens is 2. The van der Waals surface area contributed by atoms with E-state index in [9.17, 15) is 0 Å². The van der Waals surface area contributed by atoms with Crippen molar-refractivity contribution >= 4 is 0 Å². The van der Waals surface area contributed by atoms with E-state index in [1.807, 2.05) is 0 Å². The second-order valence-corrected chi connectivity index (χ2v) is 4.52. The van der Waals surface area contributed by atoms with E-state index in [1.54, 1.807) is 0 Å². The van der Waals surface area contributed by atoms with Crippen LogP contribution in [0.4, 0.5) is 0 Å². The Morgan fingerprint density at radius 3 is 2.80 bits per heavy atom. The third-order valence-corrected chi connectivity index (χ3v) is 2.55. The third kappa shape index (κ3) is 3.30. The summed E-state index contributed by atoms with van der Waals surface area (Å²) in [6, 6.07) is 0.791. The van der Waals surface area contributed by atoms with Crippen molar-refractivity contribution in [1.29, 1.82) is 0 Å². The van der Waals surface area contributed by atoms with Gasteiger partial charge in [-0.3, -0.25) is 0 Å². The normalized spacial score (nSPS) is 16.2. The summed E-state index contributed by atoms with van der Waals surface area (Å²) in [7, 11) is 0. The zero-order chi connectivity index (χ0) is 10.7. The number of aryl methyl sites for hydroxylation is 1. The molecule has 0 aliphatic heterocycles. The molecule has 1 aromatic rings. The molecule has 0 amide bonds. The van der Waals surface area contributed by atoms with E-state index in [0.29, 0.717) is 5.92 Å². The first-order chi connectivity index (χ1) is 7.25. The average molecular weight is 209 g/mol. The second kappa shape index (κ2) is 4.75. The molecule has 1 saturated carbocycles. The lowest BCUT2D eigenvalue weighted by Crippen LogP contribution is -2.17. The number of hydrogen-bond donors (Lipinski definition) is 1. The van der Waals surface area contributed by atoms with Gasteiger partial charge in [0.05, 0.1) is 0 Å². The Morgan fingerprint density at radius 2 is 2.20 bits per heavy atom. The summed E-state index contributed by atoms with van der Waals surface area (Å²) in [4.78, 5) is 0. The molecule has 1 aromatic heterocycles. The van der Waals surface area contributed by atoms with Crippen LogP contribution in [0.3, 0.4) is 0 Å². The van der Waals surface area contributed by atoms with Crippen molar-refractivity contribution in [3.63, 3.8) is 0 Å². The number of rotatable bonds is 6. The maximum atomic E-state index is 5.52. The molecule has 0 unspecified atom stereocenters. The van der Waals surface area contributed by atoms with Crippen LogP contribution in [0.15, 0.2) is 4.42 Å². The van der Waals surface area contributed by atoms with Crippen LogP contribution in [0.25, 0.3) is 0 Å². The first-order valence-corrected chi connectivity index (χ1v) is 5.81. The van der Waals surface area contributed by atoms with E-state index in [4.69, 9.17) is 4.42 Å². The maximum Gasteiger partial charge on any atom is 0.219 e. The van der Waals surface area contributed by atoms with Crippen molar-refractivity contribution in [1.82, 2.24) is 15.5 Å². The molecule has 84 valence electrons. The SMILES string of the molecule is CC(C)c1nnc(CCCNC2CC2)o1. The van der Waals surface area contributed by atoms with Crippen LogP contribution in [0.2, 0.25) is 0 Å². The maximum absolute atomic E-state index is 5.52. The zero-order valence-electron chi connectivity index (χ0n) is 9.49. The minimum absolute atomic E-state index is 0.329. The highest BCUT2D eigenvalue weighted by Crippen LogP contribution is 2.18. The summed E-state index contributed by atoms with van der Waals surface area (Å²) >= 11 is 0. The Morgan fingerprint density at radius 1 is 1.40 bits per heavy atom. The molecule has 2 rings (SSSR count). The van der Waals surface area contributed by atoms with Gasteiger partial charge in [-0.25, -0.2) is 0 Å². The van der Waals surface area contributed by atoms with Gasteiger partial charge in [-0.2, -0.15) is 0 Å². The molecule has 0 saturated heterocycles. The largest absolute Gasteiger partial charge is 0.425 e. The van der Waals surface area contributed by atoms with Crippen LogP contribution in [0.1, 0.15) is 50.8 Å². The predicted octanol–water partition coefficient (Wildman–Crippen LogP) is 1.88. The Bertz CT molecular complexity index is 305. The third-order valence-electron chi connectivity index (χ3n) is 2.55. The zero-order valence-corrected chi connectivity index (χ0v) is 9.49.